The molecule has 2 aromatic carbocycles. The second kappa shape index (κ2) is 8.43. The first-order chi connectivity index (χ1) is 13.7. The summed E-state index contributed by atoms with van der Waals surface area (Å²) in [5, 5.41) is 10.4. The van der Waals surface area contributed by atoms with Crippen LogP contribution < -0.4 is 9.47 Å². The Balaban J connectivity index is 1.46. The maximum absolute atomic E-state index is 6.01. The molecule has 1 aromatic heterocycles. The monoisotopic (exact) mass is 416 g/mol. The van der Waals surface area contributed by atoms with Crippen LogP contribution in [0.1, 0.15) is 5.56 Å². The van der Waals surface area contributed by atoms with E-state index in [0.717, 1.165) is 53.6 Å². The number of nitrogens with zero attached hydrogens (tertiary/aromatic N) is 4. The van der Waals surface area contributed by atoms with E-state index in [1.54, 1.807) is 26.0 Å². The molecule has 6 nitrogen and oxygen atoms in total. The smallest absolute Gasteiger partial charge is 0.193 e. The van der Waals surface area contributed by atoms with Gasteiger partial charge in [0.05, 0.1) is 26.8 Å². The van der Waals surface area contributed by atoms with E-state index in [9.17, 15) is 0 Å². The molecule has 146 valence electrons. The Morgan fingerprint density at radius 2 is 1.82 bits per heavy atom. The molecular formula is C20H21ClN4O2S. The number of hydrogen-bond donors (Lipinski definition) is 0. The highest BCUT2D eigenvalue weighted by Gasteiger charge is 2.22. The highest BCUT2D eigenvalue weighted by molar-refractivity contribution is 7.99. The van der Waals surface area contributed by atoms with Crippen molar-refractivity contribution in [3.8, 4) is 22.9 Å². The molecule has 0 amide bonds. The first kappa shape index (κ1) is 19.1. The van der Waals surface area contributed by atoms with Gasteiger partial charge in [0.1, 0.15) is 0 Å². The number of halogens is 1. The highest BCUT2D eigenvalue weighted by atomic mass is 35.5. The predicted octanol–water partition coefficient (Wildman–Crippen LogP) is 4.18. The van der Waals surface area contributed by atoms with Gasteiger partial charge in [0.25, 0.3) is 0 Å². The molecule has 0 saturated carbocycles. The van der Waals surface area contributed by atoms with E-state index in [1.807, 2.05) is 36.4 Å². The number of fused-ring (bicyclic) bond motifs is 1. The molecule has 8 heteroatoms. The minimum Gasteiger partial charge on any atom is -0.493 e. The van der Waals surface area contributed by atoms with Gasteiger partial charge in [-0.3, -0.25) is 9.47 Å². The molecule has 0 radical (unpaired) electrons. The van der Waals surface area contributed by atoms with E-state index >= 15 is 0 Å². The Morgan fingerprint density at radius 3 is 2.57 bits per heavy atom. The van der Waals surface area contributed by atoms with Gasteiger partial charge in [0, 0.05) is 17.1 Å². The van der Waals surface area contributed by atoms with Crippen molar-refractivity contribution in [1.29, 1.82) is 0 Å². The third kappa shape index (κ3) is 3.97. The number of ether oxygens (including phenoxy) is 2. The quantitative estimate of drug-likeness (QED) is 0.600. The fraction of sp³-hybridized carbons (Fsp3) is 0.300. The molecule has 0 atom stereocenters. The topological polar surface area (TPSA) is 52.4 Å². The standard InChI is InChI=1S/C20H21ClN4O2S/c1-26-17-8-3-14(11-18(17)27-2)9-10-24-12-25-19(22-23-20(25)28-13-24)15-4-6-16(21)7-5-15/h3-8,11H,9-10,12-13H2,1-2H3. The molecule has 28 heavy (non-hydrogen) atoms. The summed E-state index contributed by atoms with van der Waals surface area (Å²) in [6, 6.07) is 13.8. The molecular weight excluding hydrogens is 396 g/mol. The van der Waals surface area contributed by atoms with Crippen molar-refractivity contribution in [1.82, 2.24) is 19.7 Å². The Bertz CT molecular complexity index is 961. The van der Waals surface area contributed by atoms with Crippen molar-refractivity contribution < 1.29 is 9.47 Å². The van der Waals surface area contributed by atoms with E-state index < -0.39 is 0 Å². The molecule has 0 bridgehead atoms. The normalized spacial score (nSPS) is 14.0. The molecule has 4 rings (SSSR count). The van der Waals surface area contributed by atoms with Gasteiger partial charge in [-0.25, -0.2) is 0 Å². The van der Waals surface area contributed by atoms with Crippen LogP contribution in [0.15, 0.2) is 47.6 Å². The molecule has 0 unspecified atom stereocenters. The van der Waals surface area contributed by atoms with E-state index in [1.165, 1.54) is 5.56 Å². The van der Waals surface area contributed by atoms with E-state index in [0.29, 0.717) is 5.02 Å². The van der Waals surface area contributed by atoms with Gasteiger partial charge in [0.15, 0.2) is 22.5 Å². The van der Waals surface area contributed by atoms with Crippen LogP contribution in [0, 0.1) is 0 Å². The summed E-state index contributed by atoms with van der Waals surface area (Å²) in [7, 11) is 3.31. The number of rotatable bonds is 6. The summed E-state index contributed by atoms with van der Waals surface area (Å²) < 4.78 is 12.9. The largest absolute Gasteiger partial charge is 0.493 e. The molecule has 0 saturated heterocycles. The van der Waals surface area contributed by atoms with Gasteiger partial charge < -0.3 is 9.47 Å². The van der Waals surface area contributed by atoms with Crippen LogP contribution in [-0.2, 0) is 13.1 Å². The summed E-state index contributed by atoms with van der Waals surface area (Å²) in [5.74, 6) is 3.28. The molecule has 1 aliphatic heterocycles. The Morgan fingerprint density at radius 1 is 1.04 bits per heavy atom. The molecule has 1 aliphatic rings. The number of aromatic nitrogens is 3. The Hall–Kier alpha value is -2.22. The predicted molar refractivity (Wildman–Crippen MR) is 111 cm³/mol. The average molecular weight is 417 g/mol. The van der Waals surface area contributed by atoms with Gasteiger partial charge in [-0.1, -0.05) is 29.4 Å². The summed E-state index contributed by atoms with van der Waals surface area (Å²) in [6.45, 7) is 1.70. The summed E-state index contributed by atoms with van der Waals surface area (Å²) in [5.41, 5.74) is 2.24. The van der Waals surface area contributed by atoms with Crippen molar-refractivity contribution >= 4 is 23.4 Å². The number of benzene rings is 2. The molecule has 0 N–H and O–H groups in total. The van der Waals surface area contributed by atoms with Crippen LogP contribution in [0.25, 0.3) is 11.4 Å². The third-order valence-corrected chi connectivity index (χ3v) is 6.01. The maximum atomic E-state index is 6.01. The van der Waals surface area contributed by atoms with Crippen molar-refractivity contribution in [2.75, 3.05) is 26.6 Å². The lowest BCUT2D eigenvalue weighted by Gasteiger charge is -2.27. The van der Waals surface area contributed by atoms with Gasteiger partial charge in [-0.05, 0) is 48.4 Å². The lowest BCUT2D eigenvalue weighted by Crippen LogP contribution is -2.32. The average Bonchev–Trinajstić information content (AvgIpc) is 3.15. The van der Waals surface area contributed by atoms with Crippen molar-refractivity contribution in [2.45, 2.75) is 18.2 Å². The fourth-order valence-electron chi connectivity index (χ4n) is 3.18. The molecule has 3 aromatic rings. The fourth-order valence-corrected chi connectivity index (χ4v) is 4.22. The Labute approximate surface area is 173 Å². The highest BCUT2D eigenvalue weighted by Crippen LogP contribution is 2.30. The number of thioether (sulfide) groups is 1. The van der Waals surface area contributed by atoms with E-state index in [-0.39, 0.29) is 0 Å². The van der Waals surface area contributed by atoms with Crippen LogP contribution in [-0.4, -0.2) is 46.3 Å². The van der Waals surface area contributed by atoms with Gasteiger partial charge in [-0.15, -0.1) is 10.2 Å². The van der Waals surface area contributed by atoms with Gasteiger partial charge >= 0.3 is 0 Å². The summed E-state index contributed by atoms with van der Waals surface area (Å²) in [6.07, 6.45) is 0.925. The van der Waals surface area contributed by atoms with Crippen molar-refractivity contribution in [3.63, 3.8) is 0 Å². The lowest BCUT2D eigenvalue weighted by atomic mass is 10.1. The van der Waals surface area contributed by atoms with E-state index in [2.05, 4.69) is 25.7 Å². The number of hydrogen-bond acceptors (Lipinski definition) is 6. The zero-order chi connectivity index (χ0) is 19.5. The minimum atomic E-state index is 0.716. The molecule has 0 spiro atoms. The lowest BCUT2D eigenvalue weighted by molar-refractivity contribution is 0.242. The third-order valence-electron chi connectivity index (χ3n) is 4.70. The second-order valence-electron chi connectivity index (χ2n) is 6.49. The van der Waals surface area contributed by atoms with Gasteiger partial charge in [0.2, 0.25) is 0 Å². The SMILES string of the molecule is COc1ccc(CCN2CSc3nnc(-c4ccc(Cl)cc4)n3C2)cc1OC. The van der Waals surface area contributed by atoms with E-state index in [4.69, 9.17) is 21.1 Å². The summed E-state index contributed by atoms with van der Waals surface area (Å²) in [4.78, 5) is 2.39. The second-order valence-corrected chi connectivity index (χ2v) is 7.84. The molecule has 0 fully saturated rings. The first-order valence-electron chi connectivity index (χ1n) is 8.93. The van der Waals surface area contributed by atoms with Crippen LogP contribution in [0.4, 0.5) is 0 Å². The molecule has 0 aliphatic carbocycles. The number of methoxy groups -OCH3 is 2. The maximum Gasteiger partial charge on any atom is 0.193 e. The molecule has 2 heterocycles. The van der Waals surface area contributed by atoms with Crippen molar-refractivity contribution in [3.05, 3.63) is 53.1 Å². The zero-order valence-corrected chi connectivity index (χ0v) is 17.3. The minimum absolute atomic E-state index is 0.716. The zero-order valence-electron chi connectivity index (χ0n) is 15.8. The van der Waals surface area contributed by atoms with Crippen molar-refractivity contribution in [2.24, 2.45) is 0 Å². The van der Waals surface area contributed by atoms with Crippen LogP contribution in [0.5, 0.6) is 11.5 Å². The Kier molecular flexibility index (Phi) is 5.75. The van der Waals surface area contributed by atoms with Gasteiger partial charge in [-0.2, -0.15) is 0 Å². The first-order valence-corrected chi connectivity index (χ1v) is 10.3. The van der Waals surface area contributed by atoms with Crippen LogP contribution in [0.2, 0.25) is 5.02 Å². The van der Waals surface area contributed by atoms with Crippen LogP contribution in [0.3, 0.4) is 0 Å². The van der Waals surface area contributed by atoms with Crippen LogP contribution >= 0.6 is 23.4 Å². The summed E-state index contributed by atoms with van der Waals surface area (Å²) >= 11 is 7.72.